The molecule has 142 valence electrons. The van der Waals surface area contributed by atoms with Crippen LogP contribution in [-0.2, 0) is 19.5 Å². The normalized spacial score (nSPS) is 17.4. The summed E-state index contributed by atoms with van der Waals surface area (Å²) in [6.45, 7) is 5.36. The average molecular weight is 365 g/mol. The Bertz CT molecular complexity index is 881. The van der Waals surface area contributed by atoms with Gasteiger partial charge < -0.3 is 9.67 Å². The summed E-state index contributed by atoms with van der Waals surface area (Å²) in [5, 5.41) is 11.1. The Morgan fingerprint density at radius 1 is 1.11 bits per heavy atom. The molecule has 1 aliphatic heterocycles. The Balaban J connectivity index is 1.35. The number of pyridine rings is 1. The van der Waals surface area contributed by atoms with E-state index < -0.39 is 5.60 Å². The van der Waals surface area contributed by atoms with Crippen LogP contribution in [0.25, 0.3) is 11.0 Å². The van der Waals surface area contributed by atoms with Gasteiger partial charge in [0.2, 0.25) is 0 Å². The van der Waals surface area contributed by atoms with Crippen LogP contribution in [0, 0.1) is 0 Å². The highest BCUT2D eigenvalue weighted by molar-refractivity contribution is 5.75. The molecule has 3 aromatic rings. The van der Waals surface area contributed by atoms with Crippen molar-refractivity contribution in [1.29, 1.82) is 0 Å². The summed E-state index contributed by atoms with van der Waals surface area (Å²) < 4.78 is 2.12. The molecule has 0 bridgehead atoms. The largest absolute Gasteiger partial charge is 0.388 e. The first-order valence-corrected chi connectivity index (χ1v) is 9.80. The molecule has 1 saturated heterocycles. The fraction of sp³-hybridized carbons (Fsp3) is 0.476. The number of piperidine rings is 1. The molecule has 0 aromatic carbocycles. The molecule has 1 aliphatic rings. The van der Waals surface area contributed by atoms with E-state index in [2.05, 4.69) is 37.4 Å². The van der Waals surface area contributed by atoms with Gasteiger partial charge in [-0.05, 0) is 37.5 Å². The van der Waals surface area contributed by atoms with Crippen molar-refractivity contribution in [3.05, 3.63) is 54.4 Å². The van der Waals surface area contributed by atoms with Crippen LogP contribution in [0.3, 0.4) is 0 Å². The van der Waals surface area contributed by atoms with Crippen LogP contribution in [0.5, 0.6) is 0 Å². The third-order valence-electron chi connectivity index (χ3n) is 5.43. The van der Waals surface area contributed by atoms with Crippen molar-refractivity contribution >= 4 is 11.0 Å². The van der Waals surface area contributed by atoms with E-state index in [0.717, 1.165) is 67.7 Å². The molecule has 0 aliphatic carbocycles. The highest BCUT2D eigenvalue weighted by Crippen LogP contribution is 2.27. The number of aryl methyl sites for hydroxylation is 1. The smallest absolute Gasteiger partial charge is 0.128 e. The van der Waals surface area contributed by atoms with Crippen molar-refractivity contribution in [1.82, 2.24) is 24.4 Å². The van der Waals surface area contributed by atoms with Gasteiger partial charge in [-0.1, -0.05) is 6.92 Å². The number of fused-ring (bicyclic) bond motifs is 1. The van der Waals surface area contributed by atoms with Crippen molar-refractivity contribution in [2.24, 2.45) is 0 Å². The average Bonchev–Trinajstić information content (AvgIpc) is 3.08. The third kappa shape index (κ3) is 4.17. The van der Waals surface area contributed by atoms with Crippen molar-refractivity contribution in [2.45, 2.75) is 51.3 Å². The molecule has 27 heavy (non-hydrogen) atoms. The first-order chi connectivity index (χ1) is 13.1. The molecule has 0 amide bonds. The van der Waals surface area contributed by atoms with Crippen LogP contribution in [0.4, 0.5) is 0 Å². The molecule has 0 spiro atoms. The summed E-state index contributed by atoms with van der Waals surface area (Å²) in [6.07, 6.45) is 11.2. The number of hydrogen-bond acceptors (Lipinski definition) is 5. The van der Waals surface area contributed by atoms with Gasteiger partial charge in [0.05, 0.1) is 23.2 Å². The van der Waals surface area contributed by atoms with E-state index in [1.54, 1.807) is 6.20 Å². The zero-order chi connectivity index (χ0) is 18.7. The molecule has 1 fully saturated rings. The van der Waals surface area contributed by atoms with Gasteiger partial charge >= 0.3 is 0 Å². The lowest BCUT2D eigenvalue weighted by atomic mass is 9.91. The van der Waals surface area contributed by atoms with Gasteiger partial charge in [0, 0.05) is 56.4 Å². The summed E-state index contributed by atoms with van der Waals surface area (Å²) in [6, 6.07) is 6.01. The molecule has 4 heterocycles. The molecule has 3 aromatic heterocycles. The van der Waals surface area contributed by atoms with Gasteiger partial charge in [0.1, 0.15) is 5.82 Å². The predicted molar refractivity (Wildman–Crippen MR) is 105 cm³/mol. The lowest BCUT2D eigenvalue weighted by molar-refractivity contribution is -0.0349. The molecule has 0 unspecified atom stereocenters. The van der Waals surface area contributed by atoms with Crippen LogP contribution in [0.1, 0.15) is 37.6 Å². The maximum atomic E-state index is 11.1. The van der Waals surface area contributed by atoms with Gasteiger partial charge in [-0.2, -0.15) is 0 Å². The van der Waals surface area contributed by atoms with Crippen LogP contribution < -0.4 is 0 Å². The Kier molecular flexibility index (Phi) is 5.18. The van der Waals surface area contributed by atoms with E-state index in [0.29, 0.717) is 6.54 Å². The van der Waals surface area contributed by atoms with Crippen molar-refractivity contribution in [3.8, 4) is 0 Å². The van der Waals surface area contributed by atoms with Gasteiger partial charge in [-0.25, -0.2) is 9.97 Å². The fourth-order valence-corrected chi connectivity index (χ4v) is 3.84. The molecular weight excluding hydrogens is 338 g/mol. The summed E-state index contributed by atoms with van der Waals surface area (Å²) >= 11 is 0. The quantitative estimate of drug-likeness (QED) is 0.728. The van der Waals surface area contributed by atoms with E-state index in [1.807, 2.05) is 30.7 Å². The van der Waals surface area contributed by atoms with E-state index >= 15 is 0 Å². The Labute approximate surface area is 159 Å². The fourth-order valence-electron chi connectivity index (χ4n) is 3.84. The highest BCUT2D eigenvalue weighted by Gasteiger charge is 2.33. The Morgan fingerprint density at radius 2 is 1.89 bits per heavy atom. The van der Waals surface area contributed by atoms with Crippen LogP contribution in [0.15, 0.2) is 43.0 Å². The Morgan fingerprint density at radius 3 is 2.63 bits per heavy atom. The zero-order valence-corrected chi connectivity index (χ0v) is 15.9. The molecular formula is C21H27N5O. The van der Waals surface area contributed by atoms with Gasteiger partial charge in [0.15, 0.2) is 0 Å². The van der Waals surface area contributed by atoms with Crippen LogP contribution in [-0.4, -0.2) is 48.2 Å². The monoisotopic (exact) mass is 365 g/mol. The first-order valence-electron chi connectivity index (χ1n) is 9.80. The molecule has 6 nitrogen and oxygen atoms in total. The number of aromatic nitrogens is 4. The summed E-state index contributed by atoms with van der Waals surface area (Å²) in [4.78, 5) is 15.6. The van der Waals surface area contributed by atoms with Gasteiger partial charge in [-0.3, -0.25) is 9.88 Å². The van der Waals surface area contributed by atoms with E-state index in [1.165, 1.54) is 0 Å². The molecule has 0 saturated carbocycles. The maximum absolute atomic E-state index is 11.1. The predicted octanol–water partition coefficient (Wildman–Crippen LogP) is 2.81. The lowest BCUT2D eigenvalue weighted by Gasteiger charge is -2.38. The Hall–Kier alpha value is -2.31. The SMILES string of the molecule is CCCc1ncc(CN2CCC(O)(Cn3ccc4ncccc43)CC2)cn1. The van der Waals surface area contributed by atoms with Crippen molar-refractivity contribution < 1.29 is 5.11 Å². The van der Waals surface area contributed by atoms with E-state index in [4.69, 9.17) is 0 Å². The van der Waals surface area contributed by atoms with E-state index in [-0.39, 0.29) is 0 Å². The molecule has 1 N–H and O–H groups in total. The number of aliphatic hydroxyl groups is 1. The molecule has 6 heteroatoms. The second-order valence-electron chi connectivity index (χ2n) is 7.61. The topological polar surface area (TPSA) is 67.1 Å². The van der Waals surface area contributed by atoms with Gasteiger partial charge in [-0.15, -0.1) is 0 Å². The highest BCUT2D eigenvalue weighted by atomic mass is 16.3. The minimum atomic E-state index is -0.667. The molecule has 0 atom stereocenters. The van der Waals surface area contributed by atoms with Crippen LogP contribution >= 0.6 is 0 Å². The number of nitrogens with zero attached hydrogens (tertiary/aromatic N) is 5. The number of hydrogen-bond donors (Lipinski definition) is 1. The summed E-state index contributed by atoms with van der Waals surface area (Å²) in [5.41, 5.74) is 2.53. The zero-order valence-electron chi connectivity index (χ0n) is 15.9. The first kappa shape index (κ1) is 18.1. The summed E-state index contributed by atoms with van der Waals surface area (Å²) in [7, 11) is 0. The minimum absolute atomic E-state index is 0.616. The van der Waals surface area contributed by atoms with Gasteiger partial charge in [0.25, 0.3) is 0 Å². The number of likely N-dealkylation sites (tertiary alicyclic amines) is 1. The van der Waals surface area contributed by atoms with Crippen molar-refractivity contribution in [3.63, 3.8) is 0 Å². The van der Waals surface area contributed by atoms with E-state index in [9.17, 15) is 5.11 Å². The van der Waals surface area contributed by atoms with Crippen molar-refractivity contribution in [2.75, 3.05) is 13.1 Å². The molecule has 0 radical (unpaired) electrons. The second-order valence-corrected chi connectivity index (χ2v) is 7.61. The lowest BCUT2D eigenvalue weighted by Crippen LogP contribution is -2.46. The molecule has 4 rings (SSSR count). The third-order valence-corrected chi connectivity index (χ3v) is 5.43. The number of rotatable bonds is 6. The second kappa shape index (κ2) is 7.74. The standard InChI is InChI=1S/C21H27N5O/c1-2-4-20-23-13-17(14-24-20)15-25-11-7-21(27,8-12-25)16-26-10-6-18-19(26)5-3-9-22-18/h3,5-6,9-10,13-14,27H,2,4,7-8,11-12,15-16H2,1H3. The minimum Gasteiger partial charge on any atom is -0.388 e. The van der Waals surface area contributed by atoms with Crippen LogP contribution in [0.2, 0.25) is 0 Å². The maximum Gasteiger partial charge on any atom is 0.128 e. The summed E-state index contributed by atoms with van der Waals surface area (Å²) in [5.74, 6) is 0.919.